The van der Waals surface area contributed by atoms with Crippen LogP contribution in [0.2, 0.25) is 0 Å². The SMILES string of the molecule is Cc1cc(-c2ccc(OCC(C)CC(C)C)c(S(C)(=O)=O)c2)ccn1. The van der Waals surface area contributed by atoms with E-state index in [1.807, 2.05) is 25.1 Å². The summed E-state index contributed by atoms with van der Waals surface area (Å²) in [5, 5.41) is 0. The summed E-state index contributed by atoms with van der Waals surface area (Å²) in [5.41, 5.74) is 2.67. The molecule has 0 aliphatic carbocycles. The standard InChI is InChI=1S/C20H27NO3S/c1-14(2)10-15(3)13-24-19-7-6-17(12-20(19)25(5,22)23)18-8-9-21-16(4)11-18/h6-9,11-12,14-15H,10,13H2,1-5H3. The number of nitrogens with zero attached hydrogens (tertiary/aromatic N) is 1. The second-order valence-electron chi connectivity index (χ2n) is 7.17. The minimum atomic E-state index is -3.39. The maximum Gasteiger partial charge on any atom is 0.179 e. The van der Waals surface area contributed by atoms with Gasteiger partial charge in [-0.1, -0.05) is 26.8 Å². The van der Waals surface area contributed by atoms with Gasteiger partial charge in [-0.15, -0.1) is 0 Å². The van der Waals surface area contributed by atoms with Crippen LogP contribution in [0.15, 0.2) is 41.4 Å². The highest BCUT2D eigenvalue weighted by atomic mass is 32.2. The third kappa shape index (κ3) is 5.56. The third-order valence-electron chi connectivity index (χ3n) is 3.97. The predicted octanol–water partition coefficient (Wildman–Crippen LogP) is 4.52. The van der Waals surface area contributed by atoms with Crippen LogP contribution in [0.25, 0.3) is 11.1 Å². The summed E-state index contributed by atoms with van der Waals surface area (Å²) >= 11 is 0. The summed E-state index contributed by atoms with van der Waals surface area (Å²) in [5.74, 6) is 1.38. The van der Waals surface area contributed by atoms with Crippen LogP contribution >= 0.6 is 0 Å². The lowest BCUT2D eigenvalue weighted by Crippen LogP contribution is -2.12. The molecule has 2 aromatic rings. The Labute approximate surface area is 151 Å². The molecule has 0 spiro atoms. The molecule has 0 N–H and O–H groups in total. The Bertz CT molecular complexity index is 829. The van der Waals surface area contributed by atoms with Gasteiger partial charge in [0.25, 0.3) is 0 Å². The first kappa shape index (κ1) is 19.4. The molecule has 1 aromatic carbocycles. The second kappa shape index (κ2) is 8.00. The molecular weight excluding hydrogens is 334 g/mol. The van der Waals surface area contributed by atoms with Crippen molar-refractivity contribution in [3.05, 3.63) is 42.2 Å². The molecule has 0 aliphatic heterocycles. The first-order valence-corrected chi connectivity index (χ1v) is 10.5. The van der Waals surface area contributed by atoms with Crippen molar-refractivity contribution in [2.24, 2.45) is 11.8 Å². The quantitative estimate of drug-likeness (QED) is 0.727. The van der Waals surface area contributed by atoms with Gasteiger partial charge in [-0.05, 0) is 60.6 Å². The van der Waals surface area contributed by atoms with Gasteiger partial charge in [-0.2, -0.15) is 0 Å². The number of hydrogen-bond acceptors (Lipinski definition) is 4. The topological polar surface area (TPSA) is 56.3 Å². The van der Waals surface area contributed by atoms with Gasteiger partial charge in [0.15, 0.2) is 9.84 Å². The number of aryl methyl sites for hydroxylation is 1. The molecule has 1 aromatic heterocycles. The number of aromatic nitrogens is 1. The van der Waals surface area contributed by atoms with Crippen molar-refractivity contribution in [3.8, 4) is 16.9 Å². The van der Waals surface area contributed by atoms with Gasteiger partial charge < -0.3 is 4.74 Å². The molecule has 0 amide bonds. The van der Waals surface area contributed by atoms with Crippen molar-refractivity contribution in [2.75, 3.05) is 12.9 Å². The maximum absolute atomic E-state index is 12.2. The Hall–Kier alpha value is -1.88. The first-order valence-electron chi connectivity index (χ1n) is 8.56. The molecule has 1 heterocycles. The molecule has 5 heteroatoms. The van der Waals surface area contributed by atoms with Gasteiger partial charge >= 0.3 is 0 Å². The number of rotatable bonds is 7. The summed E-state index contributed by atoms with van der Waals surface area (Å²) in [7, 11) is -3.39. The monoisotopic (exact) mass is 361 g/mol. The van der Waals surface area contributed by atoms with Crippen molar-refractivity contribution in [1.29, 1.82) is 0 Å². The average Bonchev–Trinajstić information content (AvgIpc) is 2.51. The molecule has 1 unspecified atom stereocenters. The number of ether oxygens (including phenoxy) is 1. The molecule has 25 heavy (non-hydrogen) atoms. The lowest BCUT2D eigenvalue weighted by Gasteiger charge is -2.17. The number of benzene rings is 1. The van der Waals surface area contributed by atoms with E-state index in [1.165, 1.54) is 6.26 Å². The number of pyridine rings is 1. The largest absolute Gasteiger partial charge is 0.492 e. The zero-order chi connectivity index (χ0) is 18.6. The van der Waals surface area contributed by atoms with E-state index < -0.39 is 9.84 Å². The summed E-state index contributed by atoms with van der Waals surface area (Å²) in [6.45, 7) is 8.88. The molecule has 0 saturated carbocycles. The molecule has 1 atom stereocenters. The van der Waals surface area contributed by atoms with Crippen molar-refractivity contribution in [1.82, 2.24) is 4.98 Å². The first-order chi connectivity index (χ1) is 11.7. The van der Waals surface area contributed by atoms with Crippen LogP contribution in [0.3, 0.4) is 0 Å². The Morgan fingerprint density at radius 2 is 1.76 bits per heavy atom. The fourth-order valence-corrected chi connectivity index (χ4v) is 3.76. The maximum atomic E-state index is 12.2. The normalized spacial score (nSPS) is 13.0. The zero-order valence-corrected chi connectivity index (χ0v) is 16.4. The van der Waals surface area contributed by atoms with Crippen LogP contribution in [0.5, 0.6) is 5.75 Å². The van der Waals surface area contributed by atoms with Crippen molar-refractivity contribution in [2.45, 2.75) is 39.0 Å². The van der Waals surface area contributed by atoms with Crippen LogP contribution in [0.1, 0.15) is 32.9 Å². The Kier molecular flexibility index (Phi) is 6.22. The summed E-state index contributed by atoms with van der Waals surface area (Å²) in [4.78, 5) is 4.42. The number of hydrogen-bond donors (Lipinski definition) is 0. The summed E-state index contributed by atoms with van der Waals surface area (Å²) in [6.07, 6.45) is 3.99. The van der Waals surface area contributed by atoms with Crippen LogP contribution < -0.4 is 4.74 Å². The molecule has 0 fully saturated rings. The van der Waals surface area contributed by atoms with E-state index in [0.29, 0.717) is 24.2 Å². The van der Waals surface area contributed by atoms with Crippen LogP contribution in [-0.2, 0) is 9.84 Å². The van der Waals surface area contributed by atoms with Crippen molar-refractivity contribution in [3.63, 3.8) is 0 Å². The van der Waals surface area contributed by atoms with Crippen molar-refractivity contribution < 1.29 is 13.2 Å². The lowest BCUT2D eigenvalue weighted by molar-refractivity contribution is 0.234. The van der Waals surface area contributed by atoms with Gasteiger partial charge in [0.1, 0.15) is 10.6 Å². The smallest absolute Gasteiger partial charge is 0.179 e. The molecule has 0 radical (unpaired) electrons. The van der Waals surface area contributed by atoms with Gasteiger partial charge in [0, 0.05) is 18.1 Å². The number of sulfone groups is 1. The molecule has 4 nitrogen and oxygen atoms in total. The predicted molar refractivity (Wildman–Crippen MR) is 102 cm³/mol. The van der Waals surface area contributed by atoms with Crippen LogP contribution in [0, 0.1) is 18.8 Å². The molecule has 2 rings (SSSR count). The molecule has 136 valence electrons. The summed E-state index contributed by atoms with van der Waals surface area (Å²) < 4.78 is 30.3. The van der Waals surface area contributed by atoms with E-state index in [4.69, 9.17) is 4.74 Å². The fraction of sp³-hybridized carbons (Fsp3) is 0.450. The average molecular weight is 362 g/mol. The van der Waals surface area contributed by atoms with Gasteiger partial charge in [-0.3, -0.25) is 4.98 Å². The molecular formula is C20H27NO3S. The minimum absolute atomic E-state index is 0.233. The molecule has 0 aliphatic rings. The second-order valence-corrected chi connectivity index (χ2v) is 9.15. The Morgan fingerprint density at radius 3 is 2.36 bits per heavy atom. The lowest BCUT2D eigenvalue weighted by atomic mass is 10.00. The highest BCUT2D eigenvalue weighted by Gasteiger charge is 2.17. The van der Waals surface area contributed by atoms with Gasteiger partial charge in [0.2, 0.25) is 0 Å². The van der Waals surface area contributed by atoms with E-state index in [1.54, 1.807) is 18.3 Å². The molecule has 0 bridgehead atoms. The molecule has 0 saturated heterocycles. The van der Waals surface area contributed by atoms with Crippen LogP contribution in [-0.4, -0.2) is 26.3 Å². The highest BCUT2D eigenvalue weighted by Crippen LogP contribution is 2.30. The van der Waals surface area contributed by atoms with Crippen molar-refractivity contribution >= 4 is 9.84 Å². The van der Waals surface area contributed by atoms with Gasteiger partial charge in [-0.25, -0.2) is 8.42 Å². The van der Waals surface area contributed by atoms with Crippen LogP contribution in [0.4, 0.5) is 0 Å². The van der Waals surface area contributed by atoms with Gasteiger partial charge in [0.05, 0.1) is 6.61 Å². The minimum Gasteiger partial charge on any atom is -0.492 e. The van der Waals surface area contributed by atoms with E-state index in [9.17, 15) is 8.42 Å². The van der Waals surface area contributed by atoms with E-state index >= 15 is 0 Å². The summed E-state index contributed by atoms with van der Waals surface area (Å²) in [6, 6.07) is 9.15. The zero-order valence-electron chi connectivity index (χ0n) is 15.6. The third-order valence-corrected chi connectivity index (χ3v) is 5.09. The fourth-order valence-electron chi connectivity index (χ4n) is 2.93. The van der Waals surface area contributed by atoms with E-state index in [0.717, 1.165) is 23.2 Å². The van der Waals surface area contributed by atoms with E-state index in [-0.39, 0.29) is 4.90 Å². The Morgan fingerprint density at radius 1 is 1.08 bits per heavy atom. The van der Waals surface area contributed by atoms with E-state index in [2.05, 4.69) is 25.8 Å². The Balaban J connectivity index is 2.32. The highest BCUT2D eigenvalue weighted by molar-refractivity contribution is 7.90.